The van der Waals surface area contributed by atoms with Gasteiger partial charge < -0.3 is 24.8 Å². The van der Waals surface area contributed by atoms with Crippen LogP contribution in [-0.4, -0.2) is 43.3 Å². The highest BCUT2D eigenvalue weighted by molar-refractivity contribution is 6.33. The van der Waals surface area contributed by atoms with E-state index in [4.69, 9.17) is 31.0 Å². The fourth-order valence-electron chi connectivity index (χ4n) is 3.23. The summed E-state index contributed by atoms with van der Waals surface area (Å²) < 4.78 is 11.9. The van der Waals surface area contributed by atoms with E-state index in [1.807, 2.05) is 43.4 Å². The number of para-hydroxylation sites is 3. The van der Waals surface area contributed by atoms with E-state index in [9.17, 15) is 4.79 Å². The Labute approximate surface area is 197 Å². The van der Waals surface area contributed by atoms with Crippen molar-refractivity contribution in [2.45, 2.75) is 13.0 Å². The zero-order valence-corrected chi connectivity index (χ0v) is 19.1. The zero-order chi connectivity index (χ0) is 23.8. The van der Waals surface area contributed by atoms with E-state index in [2.05, 4.69) is 10.2 Å². The Hall–Kier alpha value is -3.71. The van der Waals surface area contributed by atoms with E-state index in [0.717, 1.165) is 24.9 Å². The van der Waals surface area contributed by atoms with Crippen molar-refractivity contribution in [1.29, 1.82) is 0 Å². The molecule has 3 aromatic rings. The Kier molecular flexibility index (Phi) is 8.16. The summed E-state index contributed by atoms with van der Waals surface area (Å²) in [5, 5.41) is 10.7. The van der Waals surface area contributed by atoms with Crippen LogP contribution in [0.15, 0.2) is 72.8 Å². The molecule has 172 valence electrons. The summed E-state index contributed by atoms with van der Waals surface area (Å²) in [5.74, 6) is 0.490. The number of hydrogen-bond acceptors (Lipinski definition) is 5. The number of ether oxygens (including phenoxy) is 2. The molecule has 1 heterocycles. The molecule has 1 amide bonds. The lowest BCUT2D eigenvalue weighted by molar-refractivity contribution is -0.134. The molecule has 1 aliphatic heterocycles. The van der Waals surface area contributed by atoms with Crippen LogP contribution >= 0.6 is 11.6 Å². The maximum absolute atomic E-state index is 12.4. The molecule has 0 aliphatic carbocycles. The van der Waals surface area contributed by atoms with Crippen molar-refractivity contribution >= 4 is 34.9 Å². The lowest BCUT2D eigenvalue weighted by Gasteiger charge is -2.33. The first-order valence-electron chi connectivity index (χ1n) is 10.3. The van der Waals surface area contributed by atoms with Gasteiger partial charge in [0.05, 0.1) is 22.9 Å². The largest absolute Gasteiger partial charge is 0.490 e. The molecule has 3 aromatic carbocycles. The van der Waals surface area contributed by atoms with Gasteiger partial charge >= 0.3 is 0 Å². The molecule has 0 bridgehead atoms. The fraction of sp³-hybridized carbons (Fsp3) is 0.200. The summed E-state index contributed by atoms with van der Waals surface area (Å²) in [5.41, 5.74) is 2.19. The van der Waals surface area contributed by atoms with Crippen LogP contribution in [0, 0.1) is 0 Å². The molecule has 0 saturated heterocycles. The highest BCUT2D eigenvalue weighted by atomic mass is 35.5. The number of benzene rings is 3. The number of amides is 1. The van der Waals surface area contributed by atoms with E-state index in [1.165, 1.54) is 0 Å². The number of fused-ring (bicyclic) bond motifs is 1. The smallest absolute Gasteiger partial charge is 0.300 e. The molecule has 0 spiro atoms. The van der Waals surface area contributed by atoms with Crippen LogP contribution in [0.3, 0.4) is 0 Å². The summed E-state index contributed by atoms with van der Waals surface area (Å²) in [6.45, 7) is 2.25. The number of carboxylic acid groups (broad SMARTS) is 1. The number of hydrogen-bond donors (Lipinski definition) is 2. The number of likely N-dealkylation sites (N-methyl/N-ethyl adjacent to an activating group) is 1. The van der Waals surface area contributed by atoms with E-state index in [1.54, 1.807) is 36.4 Å². The molecule has 0 saturated carbocycles. The van der Waals surface area contributed by atoms with Crippen molar-refractivity contribution in [1.82, 2.24) is 0 Å². The second-order valence-corrected chi connectivity index (χ2v) is 7.78. The van der Waals surface area contributed by atoms with Crippen molar-refractivity contribution < 1.29 is 24.2 Å². The summed E-state index contributed by atoms with van der Waals surface area (Å²) in [6.07, 6.45) is -0.0712. The van der Waals surface area contributed by atoms with Crippen LogP contribution in [0.25, 0.3) is 0 Å². The first-order valence-corrected chi connectivity index (χ1v) is 10.7. The van der Waals surface area contributed by atoms with Gasteiger partial charge in [0.2, 0.25) is 0 Å². The Morgan fingerprint density at radius 3 is 2.42 bits per heavy atom. The van der Waals surface area contributed by atoms with Gasteiger partial charge in [-0.25, -0.2) is 0 Å². The third-order valence-electron chi connectivity index (χ3n) is 4.72. The first kappa shape index (κ1) is 23.9. The van der Waals surface area contributed by atoms with Gasteiger partial charge in [-0.3, -0.25) is 9.59 Å². The molecule has 4 rings (SSSR count). The molecule has 0 unspecified atom stereocenters. The summed E-state index contributed by atoms with van der Waals surface area (Å²) in [6, 6.07) is 22.1. The van der Waals surface area contributed by atoms with E-state index in [-0.39, 0.29) is 12.0 Å². The Morgan fingerprint density at radius 2 is 1.73 bits per heavy atom. The second kappa shape index (κ2) is 11.2. The lowest BCUT2D eigenvalue weighted by Crippen LogP contribution is -2.41. The van der Waals surface area contributed by atoms with Crippen molar-refractivity contribution in [2.24, 2.45) is 0 Å². The number of nitrogens with zero attached hydrogens (tertiary/aromatic N) is 1. The van der Waals surface area contributed by atoms with Gasteiger partial charge in [0.25, 0.3) is 11.9 Å². The van der Waals surface area contributed by atoms with Crippen LogP contribution < -0.4 is 19.7 Å². The summed E-state index contributed by atoms with van der Waals surface area (Å²) >= 11 is 6.09. The Balaban J connectivity index is 0.000000709. The number of nitrogens with one attached hydrogen (secondary N) is 1. The molecule has 7 nitrogen and oxygen atoms in total. The number of aliphatic carboxylic acids is 1. The lowest BCUT2D eigenvalue weighted by atomic mass is 10.2. The maximum atomic E-state index is 12.4. The van der Waals surface area contributed by atoms with Crippen molar-refractivity contribution in [3.8, 4) is 11.5 Å². The van der Waals surface area contributed by atoms with Crippen LogP contribution in [-0.2, 0) is 4.79 Å². The molecule has 2 N–H and O–H groups in total. The zero-order valence-electron chi connectivity index (χ0n) is 18.3. The molecular formula is C25H25ClN2O5. The van der Waals surface area contributed by atoms with E-state index >= 15 is 0 Å². The second-order valence-electron chi connectivity index (χ2n) is 7.38. The molecule has 0 aromatic heterocycles. The number of halogens is 1. The topological polar surface area (TPSA) is 88.1 Å². The molecule has 0 radical (unpaired) electrons. The minimum atomic E-state index is -0.833. The minimum Gasteiger partial charge on any atom is -0.490 e. The van der Waals surface area contributed by atoms with Crippen molar-refractivity contribution in [2.75, 3.05) is 30.4 Å². The summed E-state index contributed by atoms with van der Waals surface area (Å²) in [4.78, 5) is 23.6. The average Bonchev–Trinajstić information content (AvgIpc) is 2.79. The fourth-order valence-corrected chi connectivity index (χ4v) is 3.41. The van der Waals surface area contributed by atoms with E-state index < -0.39 is 5.97 Å². The van der Waals surface area contributed by atoms with Crippen LogP contribution in [0.4, 0.5) is 11.4 Å². The third-order valence-corrected chi connectivity index (χ3v) is 5.05. The molecular weight excluding hydrogens is 444 g/mol. The normalized spacial score (nSPS) is 14.2. The Morgan fingerprint density at radius 1 is 1.09 bits per heavy atom. The highest BCUT2D eigenvalue weighted by Gasteiger charge is 2.23. The molecule has 8 heteroatoms. The molecule has 0 fully saturated rings. The monoisotopic (exact) mass is 468 g/mol. The van der Waals surface area contributed by atoms with E-state index in [0.29, 0.717) is 28.6 Å². The highest BCUT2D eigenvalue weighted by Crippen LogP contribution is 2.32. The van der Waals surface area contributed by atoms with Crippen LogP contribution in [0.1, 0.15) is 17.3 Å². The predicted molar refractivity (Wildman–Crippen MR) is 129 cm³/mol. The van der Waals surface area contributed by atoms with Crippen molar-refractivity contribution in [3.05, 3.63) is 83.4 Å². The van der Waals surface area contributed by atoms with Crippen LogP contribution in [0.2, 0.25) is 5.02 Å². The third kappa shape index (κ3) is 6.89. The Bertz CT molecular complexity index is 1100. The van der Waals surface area contributed by atoms with Gasteiger partial charge in [0.15, 0.2) is 0 Å². The number of carbonyl (C=O) groups excluding carboxylic acids is 1. The van der Waals surface area contributed by atoms with Gasteiger partial charge in [-0.1, -0.05) is 35.9 Å². The minimum absolute atomic E-state index is 0.0712. The number of carboxylic acids is 1. The summed E-state index contributed by atoms with van der Waals surface area (Å²) in [7, 11) is 2.04. The number of anilines is 2. The van der Waals surface area contributed by atoms with Gasteiger partial charge in [0, 0.05) is 19.5 Å². The number of rotatable bonds is 5. The van der Waals surface area contributed by atoms with Crippen molar-refractivity contribution in [3.63, 3.8) is 0 Å². The predicted octanol–water partition coefficient (Wildman–Crippen LogP) is 4.96. The van der Waals surface area contributed by atoms with Crippen LogP contribution in [0.5, 0.6) is 11.5 Å². The standard InChI is InChI=1S/C23H21ClN2O3.C2H4O2/c1-26-14-18(29-22-9-5-4-8-21(22)26)15-28-17-12-10-16(11-13-17)23(27)25-20-7-3-2-6-19(20)24;1-2(3)4/h2-13,18H,14-15H2,1H3,(H,25,27);1H3,(H,3,4)/t18-;/m0./s1. The SMILES string of the molecule is CC(=O)O.CN1C[C@@H](COc2ccc(C(=O)Nc3ccccc3Cl)cc2)Oc2ccccc21. The molecule has 1 aliphatic rings. The average molecular weight is 469 g/mol. The maximum Gasteiger partial charge on any atom is 0.300 e. The number of carbonyl (C=O) groups is 2. The van der Waals surface area contributed by atoms with Gasteiger partial charge in [-0.2, -0.15) is 0 Å². The van der Waals surface area contributed by atoms with Gasteiger partial charge in [-0.05, 0) is 48.5 Å². The molecule has 1 atom stereocenters. The molecule has 33 heavy (non-hydrogen) atoms. The first-order chi connectivity index (χ1) is 15.8. The quantitative estimate of drug-likeness (QED) is 0.550. The van der Waals surface area contributed by atoms with Gasteiger partial charge in [-0.15, -0.1) is 0 Å². The van der Waals surface area contributed by atoms with Gasteiger partial charge in [0.1, 0.15) is 24.2 Å².